The minimum atomic E-state index is -0.265. The molecule has 1 fully saturated rings. The number of halogens is 1. The van der Waals surface area contributed by atoms with E-state index in [1.54, 1.807) is 24.3 Å². The van der Waals surface area contributed by atoms with Gasteiger partial charge in [0.2, 0.25) is 5.91 Å². The molecule has 1 saturated carbocycles. The van der Waals surface area contributed by atoms with Crippen molar-refractivity contribution >= 4 is 12.0 Å². The second-order valence-electron chi connectivity index (χ2n) is 9.01. The van der Waals surface area contributed by atoms with Crippen molar-refractivity contribution < 1.29 is 9.18 Å². The van der Waals surface area contributed by atoms with Gasteiger partial charge in [-0.15, -0.1) is 0 Å². The number of nitrogens with zero attached hydrogens (tertiary/aromatic N) is 1. The Bertz CT molecular complexity index is 857. The number of carbonyl (C=O) groups is 1. The van der Waals surface area contributed by atoms with E-state index in [4.69, 9.17) is 0 Å². The van der Waals surface area contributed by atoms with Crippen LogP contribution in [0.2, 0.25) is 0 Å². The van der Waals surface area contributed by atoms with Crippen molar-refractivity contribution in [3.63, 3.8) is 0 Å². The molecule has 31 heavy (non-hydrogen) atoms. The molecule has 4 rings (SSSR count). The van der Waals surface area contributed by atoms with Crippen LogP contribution < -0.4 is 5.32 Å². The van der Waals surface area contributed by atoms with Gasteiger partial charge in [0.05, 0.1) is 0 Å². The lowest BCUT2D eigenvalue weighted by molar-refractivity contribution is -0.117. The van der Waals surface area contributed by atoms with Gasteiger partial charge >= 0.3 is 0 Å². The lowest BCUT2D eigenvalue weighted by atomic mass is 9.84. The molecule has 2 aliphatic rings. The molecule has 0 bridgehead atoms. The molecular formula is C27H33FN2O. The number of amides is 1. The Kier molecular flexibility index (Phi) is 7.52. The van der Waals surface area contributed by atoms with Crippen LogP contribution in [0.4, 0.5) is 4.39 Å². The fourth-order valence-corrected chi connectivity index (χ4v) is 4.89. The Balaban J connectivity index is 1.15. The van der Waals surface area contributed by atoms with Crippen molar-refractivity contribution in [2.75, 3.05) is 19.6 Å². The van der Waals surface area contributed by atoms with Crippen LogP contribution in [0.3, 0.4) is 0 Å². The zero-order chi connectivity index (χ0) is 21.5. The topological polar surface area (TPSA) is 32.3 Å². The van der Waals surface area contributed by atoms with Crippen molar-refractivity contribution in [3.8, 4) is 0 Å². The summed E-state index contributed by atoms with van der Waals surface area (Å²) < 4.78 is 13.0. The average Bonchev–Trinajstić information content (AvgIpc) is 3.01. The number of fused-ring (bicyclic) bond motifs is 1. The van der Waals surface area contributed by atoms with Gasteiger partial charge in [-0.1, -0.05) is 36.4 Å². The molecule has 3 nitrogen and oxygen atoms in total. The molecule has 0 saturated heterocycles. The summed E-state index contributed by atoms with van der Waals surface area (Å²) in [6.45, 7) is 3.53. The highest BCUT2D eigenvalue weighted by atomic mass is 19.1. The molecule has 164 valence electrons. The van der Waals surface area contributed by atoms with Gasteiger partial charge in [-0.25, -0.2) is 4.39 Å². The van der Waals surface area contributed by atoms with Crippen molar-refractivity contribution in [1.82, 2.24) is 10.2 Å². The minimum Gasteiger partial charge on any atom is -0.350 e. The van der Waals surface area contributed by atoms with Gasteiger partial charge < -0.3 is 10.2 Å². The molecule has 2 aromatic rings. The molecule has 0 spiro atoms. The molecule has 1 aliphatic heterocycles. The number of hydrogen-bond acceptors (Lipinski definition) is 2. The third kappa shape index (κ3) is 6.51. The van der Waals surface area contributed by atoms with Crippen molar-refractivity contribution in [1.29, 1.82) is 0 Å². The van der Waals surface area contributed by atoms with Crippen LogP contribution in [0.25, 0.3) is 6.08 Å². The first kappa shape index (κ1) is 21.8. The lowest BCUT2D eigenvalue weighted by Gasteiger charge is -2.30. The molecule has 0 radical (unpaired) electrons. The van der Waals surface area contributed by atoms with Crippen LogP contribution in [0.5, 0.6) is 0 Å². The zero-order valence-electron chi connectivity index (χ0n) is 18.2. The average molecular weight is 421 g/mol. The number of rotatable bonds is 6. The highest BCUT2D eigenvalue weighted by Gasteiger charge is 2.23. The fourth-order valence-electron chi connectivity index (χ4n) is 4.89. The quantitative estimate of drug-likeness (QED) is 0.667. The third-order valence-electron chi connectivity index (χ3n) is 6.86. The number of carbonyl (C=O) groups excluding carboxylic acids is 1. The lowest BCUT2D eigenvalue weighted by Crippen LogP contribution is -2.37. The van der Waals surface area contributed by atoms with E-state index < -0.39 is 0 Å². The van der Waals surface area contributed by atoms with Crippen LogP contribution in [0.1, 0.15) is 48.8 Å². The predicted molar refractivity (Wildman–Crippen MR) is 124 cm³/mol. The Morgan fingerprint density at radius 2 is 1.61 bits per heavy atom. The molecule has 0 unspecified atom stereocenters. The second-order valence-corrected chi connectivity index (χ2v) is 9.01. The van der Waals surface area contributed by atoms with Gasteiger partial charge in [-0.3, -0.25) is 4.79 Å². The number of nitrogens with one attached hydrogen (secondary N) is 1. The highest BCUT2D eigenvalue weighted by Crippen LogP contribution is 2.27. The summed E-state index contributed by atoms with van der Waals surface area (Å²) in [6, 6.07) is 15.3. The molecule has 0 aromatic heterocycles. The summed E-state index contributed by atoms with van der Waals surface area (Å²) in [6.07, 6.45) is 11.4. The number of hydrogen-bond donors (Lipinski definition) is 1. The molecule has 1 amide bonds. The van der Waals surface area contributed by atoms with E-state index in [-0.39, 0.29) is 17.8 Å². The van der Waals surface area contributed by atoms with Gasteiger partial charge in [-0.2, -0.15) is 0 Å². The van der Waals surface area contributed by atoms with Crippen LogP contribution in [-0.2, 0) is 17.6 Å². The maximum atomic E-state index is 13.0. The van der Waals surface area contributed by atoms with E-state index in [1.807, 2.05) is 0 Å². The molecule has 4 heteroatoms. The van der Waals surface area contributed by atoms with Crippen LogP contribution in [0.15, 0.2) is 54.6 Å². The molecule has 2 aromatic carbocycles. The molecule has 0 atom stereocenters. The largest absolute Gasteiger partial charge is 0.350 e. The van der Waals surface area contributed by atoms with Gasteiger partial charge in [0.1, 0.15) is 5.82 Å². The summed E-state index contributed by atoms with van der Waals surface area (Å²) in [7, 11) is 0. The van der Waals surface area contributed by atoms with Crippen LogP contribution in [-0.4, -0.2) is 36.5 Å². The first-order valence-corrected chi connectivity index (χ1v) is 11.7. The van der Waals surface area contributed by atoms with Crippen LogP contribution >= 0.6 is 0 Å². The van der Waals surface area contributed by atoms with Gasteiger partial charge in [0, 0.05) is 25.2 Å². The fraction of sp³-hybridized carbons (Fsp3) is 0.444. The maximum absolute atomic E-state index is 13.0. The highest BCUT2D eigenvalue weighted by molar-refractivity contribution is 5.91. The van der Waals surface area contributed by atoms with E-state index in [0.717, 1.165) is 24.3 Å². The summed E-state index contributed by atoms with van der Waals surface area (Å²) >= 11 is 0. The Hall–Kier alpha value is -2.46. The summed E-state index contributed by atoms with van der Waals surface area (Å²) in [4.78, 5) is 14.8. The van der Waals surface area contributed by atoms with E-state index in [1.165, 1.54) is 75.0 Å². The summed E-state index contributed by atoms with van der Waals surface area (Å²) in [5.74, 6) is 0.449. The maximum Gasteiger partial charge on any atom is 0.244 e. The zero-order valence-corrected chi connectivity index (χ0v) is 18.2. The van der Waals surface area contributed by atoms with Crippen molar-refractivity contribution in [2.24, 2.45) is 5.92 Å². The normalized spacial score (nSPS) is 22.1. The van der Waals surface area contributed by atoms with E-state index >= 15 is 0 Å². The minimum absolute atomic E-state index is 0.0584. The second kappa shape index (κ2) is 10.7. The first-order chi connectivity index (χ1) is 15.2. The molecular weight excluding hydrogens is 387 g/mol. The molecule has 1 heterocycles. The summed E-state index contributed by atoms with van der Waals surface area (Å²) in [5.41, 5.74) is 3.88. The first-order valence-electron chi connectivity index (χ1n) is 11.7. The monoisotopic (exact) mass is 420 g/mol. The third-order valence-corrected chi connectivity index (χ3v) is 6.86. The van der Waals surface area contributed by atoms with Gasteiger partial charge in [0.15, 0.2) is 0 Å². The Morgan fingerprint density at radius 1 is 0.968 bits per heavy atom. The Morgan fingerprint density at radius 3 is 2.26 bits per heavy atom. The smallest absolute Gasteiger partial charge is 0.244 e. The number of benzene rings is 2. The van der Waals surface area contributed by atoms with Crippen molar-refractivity contribution in [2.45, 2.75) is 51.0 Å². The van der Waals surface area contributed by atoms with E-state index in [9.17, 15) is 9.18 Å². The van der Waals surface area contributed by atoms with Crippen LogP contribution in [0, 0.1) is 11.7 Å². The van der Waals surface area contributed by atoms with E-state index in [0.29, 0.717) is 0 Å². The molecule has 1 aliphatic carbocycles. The van der Waals surface area contributed by atoms with Gasteiger partial charge in [-0.05, 0) is 92.3 Å². The molecule has 1 N–H and O–H groups in total. The SMILES string of the molecule is O=C(/C=C/c1ccc(F)cc1)NC1CCC(CCN2CCc3ccccc3CC2)CC1. The predicted octanol–water partition coefficient (Wildman–Crippen LogP) is 5.00. The standard InChI is InChI=1S/C27H33FN2O/c28-25-10-5-21(6-11-25)9-14-27(31)29-26-12-7-22(8-13-26)15-18-30-19-16-23-3-1-2-4-24(23)17-20-30/h1-6,9-11,14,22,26H,7-8,12-13,15-20H2,(H,29,31)/b14-9+. The van der Waals surface area contributed by atoms with Gasteiger partial charge in [0.25, 0.3) is 0 Å². The van der Waals surface area contributed by atoms with Crippen molar-refractivity contribution in [3.05, 3.63) is 77.1 Å². The Labute approximate surface area is 185 Å². The summed E-state index contributed by atoms with van der Waals surface area (Å²) in [5, 5.41) is 3.13. The van der Waals surface area contributed by atoms with E-state index in [2.05, 4.69) is 34.5 Å².